The standard InChI is InChI=1S/C4H8O4S2/c5-9(6)3-1-2-4-10(9,7)8/h1-4H2. The van der Waals surface area contributed by atoms with E-state index < -0.39 is 17.7 Å². The summed E-state index contributed by atoms with van der Waals surface area (Å²) >= 11 is 0. The predicted octanol–water partition coefficient (Wildman–Crippen LogP) is -0.475. The van der Waals surface area contributed by atoms with Crippen molar-refractivity contribution in [2.75, 3.05) is 11.5 Å². The molecule has 0 aromatic heterocycles. The van der Waals surface area contributed by atoms with Crippen LogP contribution in [-0.4, -0.2) is 28.3 Å². The predicted molar refractivity (Wildman–Crippen MR) is 36.8 cm³/mol. The molecule has 0 aliphatic carbocycles. The van der Waals surface area contributed by atoms with Gasteiger partial charge in [-0.15, -0.1) is 0 Å². The fourth-order valence-corrected chi connectivity index (χ4v) is 4.67. The van der Waals surface area contributed by atoms with E-state index in [-0.39, 0.29) is 11.5 Å². The Kier molecular flexibility index (Phi) is 1.76. The summed E-state index contributed by atoms with van der Waals surface area (Å²) in [5.74, 6) is -0.398. The van der Waals surface area contributed by atoms with Crippen LogP contribution >= 0.6 is 0 Å². The zero-order valence-electron chi connectivity index (χ0n) is 5.28. The lowest BCUT2D eigenvalue weighted by molar-refractivity contribution is 0.573. The third kappa shape index (κ3) is 1.17. The van der Waals surface area contributed by atoms with Crippen molar-refractivity contribution in [3.63, 3.8) is 0 Å². The van der Waals surface area contributed by atoms with Gasteiger partial charge in [0.2, 0.25) is 0 Å². The molecule has 0 radical (unpaired) electrons. The molecule has 0 unspecified atom stereocenters. The summed E-state index contributed by atoms with van der Waals surface area (Å²) in [6, 6.07) is 0. The first-order valence-corrected chi connectivity index (χ1v) is 6.73. The van der Waals surface area contributed by atoms with E-state index in [4.69, 9.17) is 0 Å². The van der Waals surface area contributed by atoms with Gasteiger partial charge in [0.25, 0.3) is 17.7 Å². The largest absolute Gasteiger partial charge is 0.253 e. The molecule has 1 rings (SSSR count). The number of hydrogen-bond donors (Lipinski definition) is 0. The second-order valence-corrected chi connectivity index (χ2v) is 8.33. The molecule has 1 fully saturated rings. The SMILES string of the molecule is O=S1(=O)CCCCS1(=O)=O. The molecule has 0 amide bonds. The first-order valence-electron chi connectivity index (χ1n) is 2.91. The van der Waals surface area contributed by atoms with Crippen molar-refractivity contribution < 1.29 is 16.8 Å². The van der Waals surface area contributed by atoms with E-state index in [1.807, 2.05) is 0 Å². The van der Waals surface area contributed by atoms with Crippen LogP contribution in [0.3, 0.4) is 0 Å². The molecule has 60 valence electrons. The minimum absolute atomic E-state index is 0.199. The highest BCUT2D eigenvalue weighted by Gasteiger charge is 2.32. The van der Waals surface area contributed by atoms with E-state index in [9.17, 15) is 16.8 Å². The lowest BCUT2D eigenvalue weighted by atomic mass is 10.4. The number of rotatable bonds is 0. The van der Waals surface area contributed by atoms with E-state index in [2.05, 4.69) is 0 Å². The summed E-state index contributed by atoms with van der Waals surface area (Å²) in [5.41, 5.74) is 0. The monoisotopic (exact) mass is 184 g/mol. The first kappa shape index (κ1) is 8.00. The Morgan fingerprint density at radius 3 is 1.20 bits per heavy atom. The third-order valence-electron chi connectivity index (χ3n) is 1.43. The molecule has 0 N–H and O–H groups in total. The molecule has 1 aliphatic rings. The van der Waals surface area contributed by atoms with Crippen molar-refractivity contribution >= 4 is 17.7 Å². The van der Waals surface area contributed by atoms with Crippen molar-refractivity contribution in [3.8, 4) is 0 Å². The van der Waals surface area contributed by atoms with Crippen molar-refractivity contribution in [2.45, 2.75) is 12.8 Å². The highest BCUT2D eigenvalue weighted by atomic mass is 33.2. The molecule has 4 nitrogen and oxygen atoms in total. The fraction of sp³-hybridized carbons (Fsp3) is 1.00. The molecule has 1 saturated heterocycles. The van der Waals surface area contributed by atoms with E-state index in [0.717, 1.165) is 0 Å². The molecule has 0 atom stereocenters. The summed E-state index contributed by atoms with van der Waals surface area (Å²) in [6.45, 7) is 0. The van der Waals surface area contributed by atoms with Crippen LogP contribution in [0.4, 0.5) is 0 Å². The van der Waals surface area contributed by atoms with Crippen LogP contribution in [0.25, 0.3) is 0 Å². The maximum Gasteiger partial charge on any atom is 0.253 e. The Bertz CT molecular complexity index is 275. The zero-order valence-corrected chi connectivity index (χ0v) is 6.91. The Morgan fingerprint density at radius 2 is 1.00 bits per heavy atom. The van der Waals surface area contributed by atoms with Crippen molar-refractivity contribution in [1.82, 2.24) is 0 Å². The molecule has 1 aliphatic heterocycles. The topological polar surface area (TPSA) is 68.3 Å². The Morgan fingerprint density at radius 1 is 0.700 bits per heavy atom. The van der Waals surface area contributed by atoms with E-state index in [1.54, 1.807) is 0 Å². The quantitative estimate of drug-likeness (QED) is 0.477. The second-order valence-electron chi connectivity index (χ2n) is 2.23. The highest BCUT2D eigenvalue weighted by Crippen LogP contribution is 2.15. The summed E-state index contributed by atoms with van der Waals surface area (Å²) in [4.78, 5) is 0. The molecular weight excluding hydrogens is 176 g/mol. The Labute approximate surface area is 59.5 Å². The maximum atomic E-state index is 10.7. The van der Waals surface area contributed by atoms with Crippen LogP contribution in [0, 0.1) is 0 Å². The minimum atomic E-state index is -3.79. The van der Waals surface area contributed by atoms with Gasteiger partial charge in [-0.2, -0.15) is 0 Å². The van der Waals surface area contributed by atoms with E-state index in [1.165, 1.54) is 0 Å². The van der Waals surface area contributed by atoms with Crippen molar-refractivity contribution in [1.29, 1.82) is 0 Å². The summed E-state index contributed by atoms with van der Waals surface area (Å²) < 4.78 is 42.9. The fourth-order valence-electron chi connectivity index (χ4n) is 0.812. The summed E-state index contributed by atoms with van der Waals surface area (Å²) in [7, 11) is -7.58. The van der Waals surface area contributed by atoms with Gasteiger partial charge in [-0.05, 0) is 12.8 Å². The normalized spacial score (nSPS) is 29.6. The van der Waals surface area contributed by atoms with Gasteiger partial charge in [-0.1, -0.05) is 0 Å². The number of hydrogen-bond acceptors (Lipinski definition) is 4. The maximum absolute atomic E-state index is 10.7. The van der Waals surface area contributed by atoms with Gasteiger partial charge in [-0.3, -0.25) is 0 Å². The van der Waals surface area contributed by atoms with Gasteiger partial charge in [0.05, 0.1) is 11.5 Å². The minimum Gasteiger partial charge on any atom is -0.213 e. The average molecular weight is 184 g/mol. The van der Waals surface area contributed by atoms with Gasteiger partial charge >= 0.3 is 0 Å². The van der Waals surface area contributed by atoms with Gasteiger partial charge in [0.1, 0.15) is 0 Å². The molecule has 10 heavy (non-hydrogen) atoms. The zero-order chi connectivity index (χ0) is 7.83. The molecule has 0 aromatic rings. The van der Waals surface area contributed by atoms with Crippen LogP contribution in [0.2, 0.25) is 0 Å². The van der Waals surface area contributed by atoms with Crippen molar-refractivity contribution in [2.24, 2.45) is 0 Å². The molecule has 0 aromatic carbocycles. The molecule has 1 heterocycles. The lowest BCUT2D eigenvalue weighted by Gasteiger charge is -2.10. The third-order valence-corrected chi connectivity index (χ3v) is 7.10. The molecule has 6 heteroatoms. The van der Waals surface area contributed by atoms with Crippen LogP contribution in [-0.2, 0) is 17.7 Å². The van der Waals surface area contributed by atoms with E-state index in [0.29, 0.717) is 12.8 Å². The van der Waals surface area contributed by atoms with Crippen LogP contribution < -0.4 is 0 Å². The smallest absolute Gasteiger partial charge is 0.213 e. The summed E-state index contributed by atoms with van der Waals surface area (Å²) in [6.07, 6.45) is 0.948. The van der Waals surface area contributed by atoms with Crippen molar-refractivity contribution in [3.05, 3.63) is 0 Å². The molecule has 0 bridgehead atoms. The van der Waals surface area contributed by atoms with Gasteiger partial charge in [0.15, 0.2) is 0 Å². The van der Waals surface area contributed by atoms with E-state index >= 15 is 0 Å². The molecule has 0 saturated carbocycles. The summed E-state index contributed by atoms with van der Waals surface area (Å²) in [5, 5.41) is 0. The van der Waals surface area contributed by atoms with Crippen LogP contribution in [0.15, 0.2) is 0 Å². The van der Waals surface area contributed by atoms with Crippen LogP contribution in [0.1, 0.15) is 12.8 Å². The Balaban J connectivity index is 3.17. The highest BCUT2D eigenvalue weighted by molar-refractivity contribution is 8.67. The Hall–Kier alpha value is -0.100. The van der Waals surface area contributed by atoms with Gasteiger partial charge in [0, 0.05) is 0 Å². The van der Waals surface area contributed by atoms with Gasteiger partial charge in [-0.25, -0.2) is 16.8 Å². The first-order chi connectivity index (χ1) is 4.46. The van der Waals surface area contributed by atoms with Gasteiger partial charge < -0.3 is 0 Å². The average Bonchev–Trinajstić information content (AvgIpc) is 1.77. The molecule has 0 spiro atoms. The lowest BCUT2D eigenvalue weighted by Crippen LogP contribution is -2.26. The van der Waals surface area contributed by atoms with Crippen LogP contribution in [0.5, 0.6) is 0 Å². The second kappa shape index (κ2) is 2.20. The molecular formula is C4H8O4S2.